The number of hydrogen-bond acceptors (Lipinski definition) is 5. The van der Waals surface area contributed by atoms with Crippen LogP contribution in [-0.4, -0.2) is 51.3 Å². The van der Waals surface area contributed by atoms with Crippen LogP contribution in [0.1, 0.15) is 23.8 Å². The number of carbonyl (C=O) groups is 1. The van der Waals surface area contributed by atoms with Gasteiger partial charge in [-0.2, -0.15) is 0 Å². The summed E-state index contributed by atoms with van der Waals surface area (Å²) in [5, 5.41) is 10.2. The zero-order valence-corrected chi connectivity index (χ0v) is 12.4. The van der Waals surface area contributed by atoms with Gasteiger partial charge in [0.25, 0.3) is 5.91 Å². The van der Waals surface area contributed by atoms with Gasteiger partial charge in [0, 0.05) is 6.54 Å². The summed E-state index contributed by atoms with van der Waals surface area (Å²) in [6.07, 6.45) is 4.17. The Kier molecular flexibility index (Phi) is 4.65. The van der Waals surface area contributed by atoms with Crippen LogP contribution in [0.3, 0.4) is 0 Å². The van der Waals surface area contributed by atoms with Gasteiger partial charge in [0.05, 0.1) is 23.9 Å². The molecule has 1 aromatic rings. The predicted molar refractivity (Wildman–Crippen MR) is 74.5 cm³/mol. The average Bonchev–Trinajstić information content (AvgIpc) is 2.79. The van der Waals surface area contributed by atoms with Gasteiger partial charge < -0.3 is 10.0 Å². The summed E-state index contributed by atoms with van der Waals surface area (Å²) in [7, 11) is 0. The van der Waals surface area contributed by atoms with E-state index in [-0.39, 0.29) is 35.2 Å². The van der Waals surface area contributed by atoms with E-state index in [1.165, 1.54) is 18.0 Å². The van der Waals surface area contributed by atoms with Crippen LogP contribution >= 0.6 is 23.4 Å². The maximum absolute atomic E-state index is 12.5. The fraction of sp³-hybridized carbons (Fsp3) is 0.583. The Morgan fingerprint density at radius 2 is 2.42 bits per heavy atom. The molecule has 2 rings (SSSR count). The molecule has 1 aromatic heterocycles. The Bertz CT molecular complexity index is 486. The maximum Gasteiger partial charge on any atom is 0.274 e. The standard InChI is InChI=1S/C12H16ClN3O2S/c1-7-3-4-16(9(7)6-17)11(18)10-8(13)5-14-12(15-10)19-2/h5,7,9,17H,3-4,6H2,1-2H3. The molecule has 0 saturated carbocycles. The fourth-order valence-electron chi connectivity index (χ4n) is 2.27. The first-order valence-electron chi connectivity index (χ1n) is 6.06. The van der Waals surface area contributed by atoms with Crippen LogP contribution in [0.4, 0.5) is 0 Å². The third-order valence-corrected chi connectivity index (χ3v) is 4.28. The molecule has 1 N–H and O–H groups in total. The molecule has 2 atom stereocenters. The third-order valence-electron chi connectivity index (χ3n) is 3.44. The number of aliphatic hydroxyl groups is 1. The molecule has 1 amide bonds. The van der Waals surface area contributed by atoms with Crippen molar-refractivity contribution in [2.24, 2.45) is 5.92 Å². The molecule has 2 unspecified atom stereocenters. The Morgan fingerprint density at radius 3 is 3.05 bits per heavy atom. The van der Waals surface area contributed by atoms with Crippen molar-refractivity contribution in [1.82, 2.24) is 14.9 Å². The summed E-state index contributed by atoms with van der Waals surface area (Å²) in [5.41, 5.74) is 0.216. The number of halogens is 1. The molecule has 104 valence electrons. The second kappa shape index (κ2) is 6.07. The monoisotopic (exact) mass is 301 g/mol. The van der Waals surface area contributed by atoms with E-state index in [0.717, 1.165) is 6.42 Å². The van der Waals surface area contributed by atoms with E-state index < -0.39 is 0 Å². The minimum Gasteiger partial charge on any atom is -0.394 e. The molecule has 1 aliphatic rings. The van der Waals surface area contributed by atoms with Crippen LogP contribution in [0.5, 0.6) is 0 Å². The summed E-state index contributed by atoms with van der Waals surface area (Å²) in [4.78, 5) is 22.3. The van der Waals surface area contributed by atoms with Crippen molar-refractivity contribution in [3.63, 3.8) is 0 Å². The van der Waals surface area contributed by atoms with Crippen LogP contribution < -0.4 is 0 Å². The molecule has 0 aliphatic carbocycles. The highest BCUT2D eigenvalue weighted by Crippen LogP contribution is 2.27. The van der Waals surface area contributed by atoms with Crippen molar-refractivity contribution in [3.8, 4) is 0 Å². The van der Waals surface area contributed by atoms with Gasteiger partial charge >= 0.3 is 0 Å². The second-order valence-corrected chi connectivity index (χ2v) is 5.75. The minimum atomic E-state index is -0.230. The van der Waals surface area contributed by atoms with Gasteiger partial charge in [0.15, 0.2) is 10.9 Å². The normalized spacial score (nSPS) is 22.8. The first kappa shape index (κ1) is 14.6. The lowest BCUT2D eigenvalue weighted by molar-refractivity contribution is 0.0641. The molecule has 1 fully saturated rings. The maximum atomic E-state index is 12.5. The number of aromatic nitrogens is 2. The molecule has 2 heterocycles. The largest absolute Gasteiger partial charge is 0.394 e. The first-order valence-corrected chi connectivity index (χ1v) is 7.67. The van der Waals surface area contributed by atoms with Gasteiger partial charge in [-0.25, -0.2) is 9.97 Å². The molecule has 0 radical (unpaired) electrons. The summed E-state index contributed by atoms with van der Waals surface area (Å²) in [5.74, 6) is 0.0562. The molecule has 0 spiro atoms. The molecule has 19 heavy (non-hydrogen) atoms. The quantitative estimate of drug-likeness (QED) is 0.680. The lowest BCUT2D eigenvalue weighted by atomic mass is 10.0. The van der Waals surface area contributed by atoms with Crippen molar-refractivity contribution in [3.05, 3.63) is 16.9 Å². The topological polar surface area (TPSA) is 66.3 Å². The summed E-state index contributed by atoms with van der Waals surface area (Å²) in [6, 6.07) is -0.156. The van der Waals surface area contributed by atoms with Crippen molar-refractivity contribution < 1.29 is 9.90 Å². The minimum absolute atomic E-state index is 0.0367. The average molecular weight is 302 g/mol. The van der Waals surface area contributed by atoms with E-state index >= 15 is 0 Å². The van der Waals surface area contributed by atoms with E-state index in [2.05, 4.69) is 9.97 Å². The summed E-state index contributed by atoms with van der Waals surface area (Å²) < 4.78 is 0. The molecule has 5 nitrogen and oxygen atoms in total. The Morgan fingerprint density at radius 1 is 1.68 bits per heavy atom. The lowest BCUT2D eigenvalue weighted by Crippen LogP contribution is -2.40. The van der Waals surface area contributed by atoms with Crippen LogP contribution in [0.15, 0.2) is 11.4 Å². The predicted octanol–water partition coefficient (Wildman–Crippen LogP) is 1.69. The number of amides is 1. The van der Waals surface area contributed by atoms with Crippen LogP contribution in [0.25, 0.3) is 0 Å². The van der Waals surface area contributed by atoms with Gasteiger partial charge in [0.1, 0.15) is 0 Å². The Labute approximate surface area is 121 Å². The third kappa shape index (κ3) is 2.85. The van der Waals surface area contributed by atoms with E-state index in [9.17, 15) is 9.90 Å². The SMILES string of the molecule is CSc1ncc(Cl)c(C(=O)N2CCC(C)C2CO)n1. The van der Waals surface area contributed by atoms with Crippen LogP contribution in [-0.2, 0) is 0 Å². The number of aliphatic hydroxyl groups excluding tert-OH is 1. The number of hydrogen-bond donors (Lipinski definition) is 1. The highest BCUT2D eigenvalue weighted by atomic mass is 35.5. The van der Waals surface area contributed by atoms with Crippen molar-refractivity contribution in [2.75, 3.05) is 19.4 Å². The Balaban J connectivity index is 2.29. The number of rotatable bonds is 3. The van der Waals surface area contributed by atoms with Gasteiger partial charge in [-0.15, -0.1) is 0 Å². The second-order valence-electron chi connectivity index (χ2n) is 4.57. The highest BCUT2D eigenvalue weighted by molar-refractivity contribution is 7.98. The van der Waals surface area contributed by atoms with Gasteiger partial charge in [-0.1, -0.05) is 30.3 Å². The van der Waals surface area contributed by atoms with E-state index in [1.54, 1.807) is 4.90 Å². The number of thioether (sulfide) groups is 1. The van der Waals surface area contributed by atoms with E-state index in [4.69, 9.17) is 11.6 Å². The molecular formula is C12H16ClN3O2S. The van der Waals surface area contributed by atoms with Crippen LogP contribution in [0, 0.1) is 5.92 Å². The molecule has 1 aliphatic heterocycles. The lowest BCUT2D eigenvalue weighted by Gasteiger charge is -2.25. The molecule has 7 heteroatoms. The molecule has 0 bridgehead atoms. The van der Waals surface area contributed by atoms with Gasteiger partial charge in [-0.05, 0) is 18.6 Å². The number of carbonyl (C=O) groups excluding carboxylic acids is 1. The first-order chi connectivity index (χ1) is 9.08. The Hall–Kier alpha value is -0.850. The zero-order chi connectivity index (χ0) is 14.0. The van der Waals surface area contributed by atoms with Gasteiger partial charge in [0.2, 0.25) is 0 Å². The number of likely N-dealkylation sites (tertiary alicyclic amines) is 1. The van der Waals surface area contributed by atoms with Crippen LogP contribution in [0.2, 0.25) is 5.02 Å². The summed E-state index contributed by atoms with van der Waals surface area (Å²) in [6.45, 7) is 2.62. The zero-order valence-electron chi connectivity index (χ0n) is 10.8. The molecular weight excluding hydrogens is 286 g/mol. The smallest absolute Gasteiger partial charge is 0.274 e. The van der Waals surface area contributed by atoms with E-state index in [0.29, 0.717) is 11.7 Å². The van der Waals surface area contributed by atoms with Crippen molar-refractivity contribution in [2.45, 2.75) is 24.5 Å². The van der Waals surface area contributed by atoms with Gasteiger partial charge in [-0.3, -0.25) is 4.79 Å². The molecule has 0 aromatic carbocycles. The highest BCUT2D eigenvalue weighted by Gasteiger charge is 2.35. The number of nitrogens with zero attached hydrogens (tertiary/aromatic N) is 3. The van der Waals surface area contributed by atoms with Crippen molar-refractivity contribution in [1.29, 1.82) is 0 Å². The van der Waals surface area contributed by atoms with Crippen molar-refractivity contribution >= 4 is 29.3 Å². The summed E-state index contributed by atoms with van der Waals surface area (Å²) >= 11 is 7.37. The van der Waals surface area contributed by atoms with E-state index in [1.807, 2.05) is 13.2 Å². The fourth-order valence-corrected chi connectivity index (χ4v) is 2.79. The molecule has 1 saturated heterocycles.